The quantitative estimate of drug-likeness (QED) is 0.890. The van der Waals surface area contributed by atoms with Crippen molar-refractivity contribution in [3.63, 3.8) is 0 Å². The maximum Gasteiger partial charge on any atom is 0.0954 e. The number of hydrogen-bond acceptors (Lipinski definition) is 2. The molecule has 2 aliphatic rings. The molecule has 1 aromatic rings. The van der Waals surface area contributed by atoms with E-state index in [-0.39, 0.29) is 6.10 Å². The summed E-state index contributed by atoms with van der Waals surface area (Å²) in [5.74, 6) is 0.757. The van der Waals surface area contributed by atoms with Gasteiger partial charge in [0.15, 0.2) is 0 Å². The number of nitrogens with one attached hydrogen (secondary N) is 1. The van der Waals surface area contributed by atoms with E-state index >= 15 is 0 Å². The van der Waals surface area contributed by atoms with Crippen LogP contribution in [0.5, 0.6) is 0 Å². The standard InChI is InChI=1S/C13H15Cl2NO/c14-10-4-3-9(5-11(10)15)13-7-16-6-12(17-13)8-1-2-8/h3-5,8,12-13,16H,1-2,6-7H2. The second kappa shape index (κ2) is 4.77. The summed E-state index contributed by atoms with van der Waals surface area (Å²) >= 11 is 12.0. The van der Waals surface area contributed by atoms with Crippen molar-refractivity contribution in [3.8, 4) is 0 Å². The molecule has 1 saturated heterocycles. The van der Waals surface area contributed by atoms with Gasteiger partial charge in [-0.3, -0.25) is 0 Å². The molecule has 3 rings (SSSR count). The lowest BCUT2D eigenvalue weighted by Crippen LogP contribution is -2.41. The molecule has 17 heavy (non-hydrogen) atoms. The monoisotopic (exact) mass is 271 g/mol. The first kappa shape index (κ1) is 11.8. The predicted molar refractivity (Wildman–Crippen MR) is 69.7 cm³/mol. The molecule has 1 aromatic carbocycles. The van der Waals surface area contributed by atoms with Gasteiger partial charge in [-0.25, -0.2) is 0 Å². The van der Waals surface area contributed by atoms with Gasteiger partial charge in [0.1, 0.15) is 0 Å². The third-order valence-electron chi connectivity index (χ3n) is 3.48. The summed E-state index contributed by atoms with van der Waals surface area (Å²) in [5.41, 5.74) is 1.11. The summed E-state index contributed by atoms with van der Waals surface area (Å²) in [7, 11) is 0. The summed E-state index contributed by atoms with van der Waals surface area (Å²) in [6, 6.07) is 5.74. The van der Waals surface area contributed by atoms with Gasteiger partial charge >= 0.3 is 0 Å². The van der Waals surface area contributed by atoms with E-state index in [0.717, 1.165) is 24.6 Å². The van der Waals surface area contributed by atoms with Crippen molar-refractivity contribution in [2.45, 2.75) is 25.0 Å². The van der Waals surface area contributed by atoms with Gasteiger partial charge < -0.3 is 10.1 Å². The normalized spacial score (nSPS) is 29.3. The second-order valence-corrected chi connectivity index (χ2v) is 5.65. The van der Waals surface area contributed by atoms with Gasteiger partial charge in [0.25, 0.3) is 0 Å². The van der Waals surface area contributed by atoms with Crippen LogP contribution in [0.2, 0.25) is 10.0 Å². The largest absolute Gasteiger partial charge is 0.367 e. The highest BCUT2D eigenvalue weighted by Gasteiger charge is 2.36. The molecule has 2 nitrogen and oxygen atoms in total. The van der Waals surface area contributed by atoms with Crippen molar-refractivity contribution in [3.05, 3.63) is 33.8 Å². The van der Waals surface area contributed by atoms with Crippen molar-refractivity contribution >= 4 is 23.2 Å². The zero-order valence-electron chi connectivity index (χ0n) is 9.46. The molecule has 0 amide bonds. The summed E-state index contributed by atoms with van der Waals surface area (Å²) in [6.07, 6.45) is 3.08. The SMILES string of the molecule is Clc1ccc(C2CNCC(C3CC3)O2)cc1Cl. The minimum atomic E-state index is 0.101. The zero-order valence-corrected chi connectivity index (χ0v) is 11.0. The molecule has 92 valence electrons. The summed E-state index contributed by atoms with van der Waals surface area (Å²) in [4.78, 5) is 0. The molecule has 1 aliphatic heterocycles. The Balaban J connectivity index is 1.75. The Kier molecular flexibility index (Phi) is 3.31. The topological polar surface area (TPSA) is 21.3 Å². The predicted octanol–water partition coefficient (Wildman–Crippen LogP) is 3.43. The van der Waals surface area contributed by atoms with Crippen LogP contribution < -0.4 is 5.32 Å². The minimum Gasteiger partial charge on any atom is -0.367 e. The van der Waals surface area contributed by atoms with Crippen molar-refractivity contribution < 1.29 is 4.74 Å². The van der Waals surface area contributed by atoms with E-state index in [1.807, 2.05) is 18.2 Å². The van der Waals surface area contributed by atoms with E-state index in [1.165, 1.54) is 12.8 Å². The maximum absolute atomic E-state index is 6.13. The zero-order chi connectivity index (χ0) is 11.8. The van der Waals surface area contributed by atoms with Gasteiger partial charge in [0.05, 0.1) is 22.3 Å². The van der Waals surface area contributed by atoms with Crippen LogP contribution in [0.15, 0.2) is 18.2 Å². The van der Waals surface area contributed by atoms with E-state index in [4.69, 9.17) is 27.9 Å². The molecule has 2 unspecified atom stereocenters. The van der Waals surface area contributed by atoms with Gasteiger partial charge in [0, 0.05) is 13.1 Å². The Morgan fingerprint density at radius 2 is 1.94 bits per heavy atom. The Morgan fingerprint density at radius 3 is 2.65 bits per heavy atom. The van der Waals surface area contributed by atoms with Crippen LogP contribution in [0.4, 0.5) is 0 Å². The van der Waals surface area contributed by atoms with Crippen molar-refractivity contribution in [1.29, 1.82) is 0 Å². The molecule has 2 fully saturated rings. The Morgan fingerprint density at radius 1 is 1.12 bits per heavy atom. The second-order valence-electron chi connectivity index (χ2n) is 4.83. The summed E-state index contributed by atoms with van der Waals surface area (Å²) in [6.45, 7) is 1.82. The highest BCUT2D eigenvalue weighted by molar-refractivity contribution is 6.42. The Hall–Kier alpha value is -0.280. The van der Waals surface area contributed by atoms with Crippen LogP contribution >= 0.6 is 23.2 Å². The molecule has 0 spiro atoms. The number of benzene rings is 1. The minimum absolute atomic E-state index is 0.101. The van der Waals surface area contributed by atoms with Gasteiger partial charge in [-0.2, -0.15) is 0 Å². The first-order chi connectivity index (χ1) is 8.24. The first-order valence-electron chi connectivity index (χ1n) is 6.05. The molecule has 4 heteroatoms. The fraction of sp³-hybridized carbons (Fsp3) is 0.538. The average molecular weight is 272 g/mol. The molecule has 0 radical (unpaired) electrons. The highest BCUT2D eigenvalue weighted by Crippen LogP contribution is 2.38. The van der Waals surface area contributed by atoms with E-state index in [9.17, 15) is 0 Å². The molecule has 0 aromatic heterocycles. The van der Waals surface area contributed by atoms with Crippen LogP contribution in [0, 0.1) is 5.92 Å². The molecule has 1 N–H and O–H groups in total. The lowest BCUT2D eigenvalue weighted by molar-refractivity contribution is -0.0493. The molecule has 1 aliphatic carbocycles. The van der Waals surface area contributed by atoms with Crippen LogP contribution in [0.1, 0.15) is 24.5 Å². The van der Waals surface area contributed by atoms with Crippen LogP contribution in [0.3, 0.4) is 0 Å². The number of hydrogen-bond donors (Lipinski definition) is 1. The van der Waals surface area contributed by atoms with E-state index < -0.39 is 0 Å². The Bertz CT molecular complexity index is 420. The number of morpholine rings is 1. The van der Waals surface area contributed by atoms with Crippen LogP contribution in [-0.4, -0.2) is 19.2 Å². The van der Waals surface area contributed by atoms with Gasteiger partial charge in [-0.15, -0.1) is 0 Å². The fourth-order valence-electron chi connectivity index (χ4n) is 2.32. The molecular formula is C13H15Cl2NO. The first-order valence-corrected chi connectivity index (χ1v) is 6.81. The molecule has 2 atom stereocenters. The maximum atomic E-state index is 6.13. The van der Waals surface area contributed by atoms with Gasteiger partial charge in [-0.05, 0) is 36.5 Å². The number of halogens is 2. The van der Waals surface area contributed by atoms with E-state index in [1.54, 1.807) is 0 Å². The lowest BCUT2D eigenvalue weighted by Gasteiger charge is -2.31. The third-order valence-corrected chi connectivity index (χ3v) is 4.22. The highest BCUT2D eigenvalue weighted by atomic mass is 35.5. The van der Waals surface area contributed by atoms with Crippen molar-refractivity contribution in [1.82, 2.24) is 5.32 Å². The van der Waals surface area contributed by atoms with Crippen molar-refractivity contribution in [2.75, 3.05) is 13.1 Å². The average Bonchev–Trinajstić information content (AvgIpc) is 3.17. The lowest BCUT2D eigenvalue weighted by atomic mass is 10.1. The van der Waals surface area contributed by atoms with E-state index in [0.29, 0.717) is 16.1 Å². The van der Waals surface area contributed by atoms with Gasteiger partial charge in [-0.1, -0.05) is 29.3 Å². The summed E-state index contributed by atoms with van der Waals surface area (Å²) < 4.78 is 6.13. The van der Waals surface area contributed by atoms with Gasteiger partial charge in [0.2, 0.25) is 0 Å². The smallest absolute Gasteiger partial charge is 0.0954 e. The molecular weight excluding hydrogens is 257 g/mol. The van der Waals surface area contributed by atoms with Crippen LogP contribution in [-0.2, 0) is 4.74 Å². The van der Waals surface area contributed by atoms with Crippen molar-refractivity contribution in [2.24, 2.45) is 5.92 Å². The van der Waals surface area contributed by atoms with Crippen LogP contribution in [0.25, 0.3) is 0 Å². The third kappa shape index (κ3) is 2.60. The number of rotatable bonds is 2. The molecule has 1 heterocycles. The summed E-state index contributed by atoms with van der Waals surface area (Å²) in [5, 5.41) is 4.63. The Labute approximate surface area is 111 Å². The molecule has 1 saturated carbocycles. The molecule has 0 bridgehead atoms. The fourth-order valence-corrected chi connectivity index (χ4v) is 2.63. The van der Waals surface area contributed by atoms with E-state index in [2.05, 4.69) is 5.32 Å². The number of ether oxygens (including phenoxy) is 1.